The summed E-state index contributed by atoms with van der Waals surface area (Å²) in [6, 6.07) is 3.27. The van der Waals surface area contributed by atoms with Crippen molar-refractivity contribution in [2.75, 3.05) is 26.2 Å². The molecule has 104 valence electrons. The molecule has 5 nitrogen and oxygen atoms in total. The van der Waals surface area contributed by atoms with Crippen LogP contribution in [0, 0.1) is 0 Å². The van der Waals surface area contributed by atoms with Crippen LogP contribution in [0.3, 0.4) is 0 Å². The second-order valence-electron chi connectivity index (χ2n) is 4.91. The molecule has 0 radical (unpaired) electrons. The Hall–Kier alpha value is -1.11. The van der Waals surface area contributed by atoms with Crippen LogP contribution in [0.4, 0.5) is 0 Å². The van der Waals surface area contributed by atoms with Crippen LogP contribution in [-0.4, -0.2) is 53.3 Å². The average Bonchev–Trinajstić information content (AvgIpc) is 2.45. The molecule has 0 aliphatic carbocycles. The van der Waals surface area contributed by atoms with Crippen molar-refractivity contribution in [2.45, 2.75) is 25.7 Å². The van der Waals surface area contributed by atoms with E-state index in [9.17, 15) is 0 Å². The van der Waals surface area contributed by atoms with Crippen molar-refractivity contribution in [3.63, 3.8) is 0 Å². The molecular formula is C13H21BN2O3. The van der Waals surface area contributed by atoms with Gasteiger partial charge in [-0.3, -0.25) is 0 Å². The second kappa shape index (κ2) is 7.48. The molecule has 1 aliphatic rings. The molecule has 19 heavy (non-hydrogen) atoms. The molecule has 0 spiro atoms. The summed E-state index contributed by atoms with van der Waals surface area (Å²) in [4.78, 5) is 6.51. The average molecular weight is 264 g/mol. The van der Waals surface area contributed by atoms with Crippen molar-refractivity contribution in [3.8, 4) is 5.88 Å². The van der Waals surface area contributed by atoms with Crippen LogP contribution < -0.4 is 10.2 Å². The van der Waals surface area contributed by atoms with E-state index in [2.05, 4.69) is 9.88 Å². The number of hydrogen-bond donors (Lipinski definition) is 2. The van der Waals surface area contributed by atoms with Gasteiger partial charge in [0.25, 0.3) is 0 Å². The van der Waals surface area contributed by atoms with E-state index in [-0.39, 0.29) is 0 Å². The number of rotatable bonds is 6. The third-order valence-electron chi connectivity index (χ3n) is 3.37. The zero-order valence-electron chi connectivity index (χ0n) is 11.2. The lowest BCUT2D eigenvalue weighted by molar-refractivity contribution is 0.203. The smallest absolute Gasteiger partial charge is 0.478 e. The van der Waals surface area contributed by atoms with Gasteiger partial charge in [-0.05, 0) is 38.4 Å². The molecule has 1 fully saturated rings. The van der Waals surface area contributed by atoms with Crippen LogP contribution in [0.1, 0.15) is 25.7 Å². The third-order valence-corrected chi connectivity index (χ3v) is 3.37. The van der Waals surface area contributed by atoms with Crippen molar-refractivity contribution in [1.82, 2.24) is 9.88 Å². The first kappa shape index (κ1) is 14.3. The van der Waals surface area contributed by atoms with Crippen LogP contribution in [0.5, 0.6) is 5.88 Å². The van der Waals surface area contributed by atoms with Crippen molar-refractivity contribution >= 4 is 12.6 Å². The maximum Gasteiger partial charge on any atom is 0.490 e. The first-order valence-corrected chi connectivity index (χ1v) is 6.93. The molecule has 2 heterocycles. The van der Waals surface area contributed by atoms with Gasteiger partial charge in [-0.25, -0.2) is 4.98 Å². The highest BCUT2D eigenvalue weighted by atomic mass is 16.5. The minimum Gasteiger partial charge on any atom is -0.478 e. The van der Waals surface area contributed by atoms with Gasteiger partial charge in [0, 0.05) is 18.2 Å². The van der Waals surface area contributed by atoms with Crippen LogP contribution in [-0.2, 0) is 0 Å². The number of pyridine rings is 1. The lowest BCUT2D eigenvalue weighted by Gasteiger charge is -2.26. The number of aromatic nitrogens is 1. The molecule has 0 bridgehead atoms. The summed E-state index contributed by atoms with van der Waals surface area (Å²) >= 11 is 0. The lowest BCUT2D eigenvalue weighted by atomic mass is 9.82. The number of hydrogen-bond acceptors (Lipinski definition) is 5. The van der Waals surface area contributed by atoms with E-state index in [0.29, 0.717) is 17.9 Å². The first-order valence-electron chi connectivity index (χ1n) is 6.93. The first-order chi connectivity index (χ1) is 9.25. The van der Waals surface area contributed by atoms with E-state index in [1.165, 1.54) is 38.5 Å². The van der Waals surface area contributed by atoms with E-state index in [1.807, 2.05) is 0 Å². The number of piperidine rings is 1. The highest BCUT2D eigenvalue weighted by Gasteiger charge is 2.11. The zero-order chi connectivity index (χ0) is 13.5. The summed E-state index contributed by atoms with van der Waals surface area (Å²) in [7, 11) is -1.47. The normalized spacial score (nSPS) is 16.3. The number of ether oxygens (including phenoxy) is 1. The van der Waals surface area contributed by atoms with Crippen molar-refractivity contribution in [1.29, 1.82) is 0 Å². The summed E-state index contributed by atoms with van der Waals surface area (Å²) in [5.74, 6) is 0.531. The molecule has 2 N–H and O–H groups in total. The fraction of sp³-hybridized carbons (Fsp3) is 0.615. The predicted octanol–water partition coefficient (Wildman–Crippen LogP) is 0.0162. The van der Waals surface area contributed by atoms with Gasteiger partial charge in [0.2, 0.25) is 5.88 Å². The molecule has 0 unspecified atom stereocenters. The molecule has 0 amide bonds. The lowest BCUT2D eigenvalue weighted by Crippen LogP contribution is -2.31. The maximum atomic E-state index is 8.94. The summed E-state index contributed by atoms with van der Waals surface area (Å²) in [6.45, 7) is 4.14. The number of nitrogens with zero attached hydrogens (tertiary/aromatic N) is 2. The Morgan fingerprint density at radius 3 is 2.63 bits per heavy atom. The van der Waals surface area contributed by atoms with Gasteiger partial charge in [0.15, 0.2) is 0 Å². The third kappa shape index (κ3) is 4.82. The Morgan fingerprint density at radius 2 is 2.00 bits per heavy atom. The Labute approximate surface area is 114 Å². The standard InChI is InChI=1S/C13H21BN2O3/c17-14(18)12-5-6-13(15-11-12)19-10-4-9-16-7-2-1-3-8-16/h5-6,11,17-18H,1-4,7-10H2. The summed E-state index contributed by atoms with van der Waals surface area (Å²) in [5, 5.41) is 17.9. The Kier molecular flexibility index (Phi) is 5.63. The fourth-order valence-corrected chi connectivity index (χ4v) is 2.28. The molecule has 2 rings (SSSR count). The number of likely N-dealkylation sites (tertiary alicyclic amines) is 1. The molecule has 0 atom stereocenters. The van der Waals surface area contributed by atoms with E-state index in [4.69, 9.17) is 14.8 Å². The Morgan fingerprint density at radius 1 is 1.21 bits per heavy atom. The van der Waals surface area contributed by atoms with Gasteiger partial charge in [-0.1, -0.05) is 12.5 Å². The molecule has 0 aromatic carbocycles. The van der Waals surface area contributed by atoms with Crippen LogP contribution in [0.15, 0.2) is 18.3 Å². The van der Waals surface area contributed by atoms with E-state index < -0.39 is 7.12 Å². The largest absolute Gasteiger partial charge is 0.490 e. The molecular weight excluding hydrogens is 243 g/mol. The molecule has 1 aromatic rings. The van der Waals surface area contributed by atoms with Gasteiger partial charge in [-0.2, -0.15) is 0 Å². The van der Waals surface area contributed by atoms with Gasteiger partial charge in [0.05, 0.1) is 6.61 Å². The topological polar surface area (TPSA) is 65.8 Å². The minimum atomic E-state index is -1.47. The van der Waals surface area contributed by atoms with E-state index in [1.54, 1.807) is 12.1 Å². The molecule has 6 heteroatoms. The van der Waals surface area contributed by atoms with Crippen molar-refractivity contribution in [2.24, 2.45) is 0 Å². The van der Waals surface area contributed by atoms with Gasteiger partial charge in [0.1, 0.15) is 0 Å². The fourth-order valence-electron chi connectivity index (χ4n) is 2.28. The van der Waals surface area contributed by atoms with E-state index in [0.717, 1.165) is 13.0 Å². The second-order valence-corrected chi connectivity index (χ2v) is 4.91. The highest BCUT2D eigenvalue weighted by Crippen LogP contribution is 2.09. The Bertz CT molecular complexity index is 367. The van der Waals surface area contributed by atoms with Crippen LogP contribution in [0.2, 0.25) is 0 Å². The predicted molar refractivity (Wildman–Crippen MR) is 74.5 cm³/mol. The van der Waals surface area contributed by atoms with Crippen molar-refractivity contribution in [3.05, 3.63) is 18.3 Å². The molecule has 0 saturated carbocycles. The van der Waals surface area contributed by atoms with Gasteiger partial charge < -0.3 is 19.7 Å². The maximum absolute atomic E-state index is 8.94. The highest BCUT2D eigenvalue weighted by molar-refractivity contribution is 6.58. The van der Waals surface area contributed by atoms with Gasteiger partial charge in [-0.15, -0.1) is 0 Å². The molecule has 1 aliphatic heterocycles. The molecule has 1 saturated heterocycles. The van der Waals surface area contributed by atoms with E-state index >= 15 is 0 Å². The summed E-state index contributed by atoms with van der Waals surface area (Å²) in [5.41, 5.74) is 0.376. The summed E-state index contributed by atoms with van der Waals surface area (Å²) in [6.07, 6.45) is 6.40. The van der Waals surface area contributed by atoms with Crippen molar-refractivity contribution < 1.29 is 14.8 Å². The quantitative estimate of drug-likeness (QED) is 0.560. The van der Waals surface area contributed by atoms with Crippen LogP contribution >= 0.6 is 0 Å². The summed E-state index contributed by atoms with van der Waals surface area (Å²) < 4.78 is 5.53. The monoisotopic (exact) mass is 264 g/mol. The molecule has 1 aromatic heterocycles. The van der Waals surface area contributed by atoms with Crippen LogP contribution in [0.25, 0.3) is 0 Å². The Balaban J connectivity index is 1.64. The SMILES string of the molecule is OB(O)c1ccc(OCCCN2CCCCC2)nc1. The zero-order valence-corrected chi connectivity index (χ0v) is 11.2. The minimum absolute atomic E-state index is 0.376. The van der Waals surface area contributed by atoms with Gasteiger partial charge >= 0.3 is 7.12 Å².